The van der Waals surface area contributed by atoms with Crippen molar-refractivity contribution in [2.75, 3.05) is 11.5 Å². The van der Waals surface area contributed by atoms with Gasteiger partial charge in [-0.25, -0.2) is 4.79 Å². The molecule has 0 bridgehead atoms. The molecule has 2 aliphatic rings. The fraction of sp³-hybridized carbons (Fsp3) is 0.667. The van der Waals surface area contributed by atoms with E-state index >= 15 is 0 Å². The lowest BCUT2D eigenvalue weighted by Crippen LogP contribution is -2.56. The average Bonchev–Trinajstić information content (AvgIpc) is 3.19. The molecule has 1 saturated heterocycles. The monoisotopic (exact) mass is 323 g/mol. The lowest BCUT2D eigenvalue weighted by molar-refractivity contribution is -0.144. The van der Waals surface area contributed by atoms with E-state index in [1.807, 2.05) is 0 Å². The maximum atomic E-state index is 12.6. The molecular formula is C15H21N3O3S. The number of aliphatic carboxylic acids is 1. The van der Waals surface area contributed by atoms with E-state index in [0.29, 0.717) is 18.5 Å². The van der Waals surface area contributed by atoms with Gasteiger partial charge in [-0.05, 0) is 43.3 Å². The summed E-state index contributed by atoms with van der Waals surface area (Å²) in [4.78, 5) is 24.3. The van der Waals surface area contributed by atoms with Gasteiger partial charge in [0.2, 0.25) is 0 Å². The van der Waals surface area contributed by atoms with Gasteiger partial charge in [0.25, 0.3) is 5.91 Å². The topological polar surface area (TPSA) is 84.2 Å². The van der Waals surface area contributed by atoms with Gasteiger partial charge in [0, 0.05) is 6.20 Å². The van der Waals surface area contributed by atoms with Crippen LogP contribution in [0.3, 0.4) is 0 Å². The van der Waals surface area contributed by atoms with Crippen molar-refractivity contribution in [2.24, 2.45) is 0 Å². The molecule has 1 amide bonds. The molecular weight excluding hydrogens is 302 g/mol. The molecule has 3 rings (SSSR count). The molecule has 120 valence electrons. The molecule has 0 atom stereocenters. The highest BCUT2D eigenvalue weighted by molar-refractivity contribution is 7.99. The van der Waals surface area contributed by atoms with Crippen LogP contribution in [0, 0.1) is 0 Å². The Bertz CT molecular complexity index is 560. The second kappa shape index (κ2) is 6.32. The lowest BCUT2D eigenvalue weighted by Gasteiger charge is -2.33. The Morgan fingerprint density at radius 3 is 2.64 bits per heavy atom. The summed E-state index contributed by atoms with van der Waals surface area (Å²) < 4.78 is 1.77. The summed E-state index contributed by atoms with van der Waals surface area (Å²) in [5.41, 5.74) is -0.654. The first-order valence-corrected chi connectivity index (χ1v) is 8.95. The van der Waals surface area contributed by atoms with E-state index in [4.69, 9.17) is 0 Å². The zero-order valence-electron chi connectivity index (χ0n) is 12.5. The van der Waals surface area contributed by atoms with Gasteiger partial charge in [-0.3, -0.25) is 9.48 Å². The van der Waals surface area contributed by atoms with Crippen LogP contribution in [0.1, 0.15) is 55.1 Å². The van der Waals surface area contributed by atoms with E-state index < -0.39 is 11.5 Å². The highest BCUT2D eigenvalue weighted by Gasteiger charge is 2.42. The van der Waals surface area contributed by atoms with Crippen molar-refractivity contribution >= 4 is 23.6 Å². The smallest absolute Gasteiger partial charge is 0.329 e. The first kappa shape index (κ1) is 15.4. The third kappa shape index (κ3) is 2.86. The number of carboxylic acids is 1. The van der Waals surface area contributed by atoms with Crippen LogP contribution in [-0.4, -0.2) is 43.8 Å². The highest BCUT2D eigenvalue weighted by Crippen LogP contribution is 2.31. The zero-order valence-corrected chi connectivity index (χ0v) is 13.3. The van der Waals surface area contributed by atoms with Crippen LogP contribution in [0.15, 0.2) is 12.3 Å². The summed E-state index contributed by atoms with van der Waals surface area (Å²) in [6.45, 7) is 0. The largest absolute Gasteiger partial charge is 0.480 e. The normalized spacial score (nSPS) is 21.6. The fourth-order valence-corrected chi connectivity index (χ4v) is 4.52. The molecule has 1 aromatic rings. The average molecular weight is 323 g/mol. The van der Waals surface area contributed by atoms with Crippen LogP contribution in [0.4, 0.5) is 0 Å². The summed E-state index contributed by atoms with van der Waals surface area (Å²) in [5, 5.41) is 16.6. The minimum atomic E-state index is -1.13. The minimum absolute atomic E-state index is 0.262. The lowest BCUT2D eigenvalue weighted by atomic mass is 9.92. The molecule has 2 fully saturated rings. The van der Waals surface area contributed by atoms with Crippen molar-refractivity contribution in [3.63, 3.8) is 0 Å². The van der Waals surface area contributed by atoms with Crippen LogP contribution in [-0.2, 0) is 4.79 Å². The van der Waals surface area contributed by atoms with Crippen molar-refractivity contribution in [1.29, 1.82) is 0 Å². The molecule has 2 heterocycles. The Morgan fingerprint density at radius 1 is 1.32 bits per heavy atom. The number of hydrogen-bond donors (Lipinski definition) is 2. The molecule has 0 radical (unpaired) electrons. The number of carbonyl (C=O) groups is 2. The molecule has 1 aromatic heterocycles. The second-order valence-electron chi connectivity index (χ2n) is 6.05. The van der Waals surface area contributed by atoms with Gasteiger partial charge in [0.05, 0.1) is 6.04 Å². The van der Waals surface area contributed by atoms with Crippen molar-refractivity contribution in [1.82, 2.24) is 15.1 Å². The van der Waals surface area contributed by atoms with Crippen molar-refractivity contribution < 1.29 is 14.7 Å². The molecule has 1 aliphatic heterocycles. The van der Waals surface area contributed by atoms with Gasteiger partial charge in [0.1, 0.15) is 11.2 Å². The summed E-state index contributed by atoms with van der Waals surface area (Å²) >= 11 is 1.73. The van der Waals surface area contributed by atoms with Gasteiger partial charge in [0.15, 0.2) is 0 Å². The fourth-order valence-electron chi connectivity index (χ4n) is 3.33. The molecule has 0 aromatic carbocycles. The molecule has 0 spiro atoms. The SMILES string of the molecule is O=C(NC1(C(=O)O)CCSCC1)c1ccnn1C1CCCC1. The second-order valence-corrected chi connectivity index (χ2v) is 7.28. The summed E-state index contributed by atoms with van der Waals surface area (Å²) in [5.74, 6) is 0.259. The van der Waals surface area contributed by atoms with Gasteiger partial charge >= 0.3 is 5.97 Å². The van der Waals surface area contributed by atoms with Gasteiger partial charge in [-0.1, -0.05) is 12.8 Å². The number of carbonyl (C=O) groups excluding carboxylic acids is 1. The van der Waals surface area contributed by atoms with Crippen LogP contribution in [0.25, 0.3) is 0 Å². The van der Waals surface area contributed by atoms with Gasteiger partial charge in [-0.15, -0.1) is 0 Å². The van der Waals surface area contributed by atoms with E-state index in [1.54, 1.807) is 28.7 Å². The number of thioether (sulfide) groups is 1. The van der Waals surface area contributed by atoms with E-state index in [0.717, 1.165) is 37.2 Å². The predicted molar refractivity (Wildman–Crippen MR) is 84.1 cm³/mol. The quantitative estimate of drug-likeness (QED) is 0.886. The van der Waals surface area contributed by atoms with Gasteiger partial charge in [-0.2, -0.15) is 16.9 Å². The summed E-state index contributed by atoms with van der Waals surface area (Å²) in [7, 11) is 0. The molecule has 2 N–H and O–H groups in total. The van der Waals surface area contributed by atoms with E-state index in [2.05, 4.69) is 10.4 Å². The number of amides is 1. The number of rotatable bonds is 4. The number of carboxylic acid groups (broad SMARTS) is 1. The predicted octanol–water partition coefficient (Wildman–Crippen LogP) is 2.08. The van der Waals surface area contributed by atoms with Gasteiger partial charge < -0.3 is 10.4 Å². The third-order valence-corrected chi connectivity index (χ3v) is 5.67. The molecule has 1 aliphatic carbocycles. The standard InChI is InChI=1S/C15H21N3O3S/c19-13(17-15(14(20)21)6-9-22-10-7-15)12-5-8-16-18(12)11-3-1-2-4-11/h5,8,11H,1-4,6-7,9-10H2,(H,17,19)(H,20,21). The van der Waals surface area contributed by atoms with Crippen LogP contribution < -0.4 is 5.32 Å². The van der Waals surface area contributed by atoms with Crippen molar-refractivity contribution in [2.45, 2.75) is 50.1 Å². The van der Waals surface area contributed by atoms with Crippen LogP contribution in [0.2, 0.25) is 0 Å². The van der Waals surface area contributed by atoms with Crippen molar-refractivity contribution in [3.05, 3.63) is 18.0 Å². The minimum Gasteiger partial charge on any atom is -0.480 e. The third-order valence-electron chi connectivity index (χ3n) is 4.68. The molecule has 6 nitrogen and oxygen atoms in total. The van der Waals surface area contributed by atoms with Crippen molar-refractivity contribution in [3.8, 4) is 0 Å². The molecule has 0 unspecified atom stereocenters. The number of aromatic nitrogens is 2. The number of nitrogens with zero attached hydrogens (tertiary/aromatic N) is 2. The Morgan fingerprint density at radius 2 is 2.00 bits per heavy atom. The first-order valence-electron chi connectivity index (χ1n) is 7.79. The molecule has 7 heteroatoms. The number of hydrogen-bond acceptors (Lipinski definition) is 4. The summed E-state index contributed by atoms with van der Waals surface area (Å²) in [6.07, 6.45) is 6.93. The Labute approximate surface area is 133 Å². The summed E-state index contributed by atoms with van der Waals surface area (Å²) in [6, 6.07) is 1.94. The van der Waals surface area contributed by atoms with E-state index in [1.165, 1.54) is 0 Å². The maximum Gasteiger partial charge on any atom is 0.329 e. The molecule has 1 saturated carbocycles. The molecule has 22 heavy (non-hydrogen) atoms. The Hall–Kier alpha value is -1.50. The maximum absolute atomic E-state index is 12.6. The first-order chi connectivity index (χ1) is 10.6. The highest BCUT2D eigenvalue weighted by atomic mass is 32.2. The Balaban J connectivity index is 1.79. The van der Waals surface area contributed by atoms with E-state index in [9.17, 15) is 14.7 Å². The number of nitrogens with one attached hydrogen (secondary N) is 1. The van der Waals surface area contributed by atoms with Crippen LogP contribution in [0.5, 0.6) is 0 Å². The van der Waals surface area contributed by atoms with Crippen LogP contribution >= 0.6 is 11.8 Å². The Kier molecular flexibility index (Phi) is 4.42. The van der Waals surface area contributed by atoms with E-state index in [-0.39, 0.29) is 11.9 Å². The zero-order chi connectivity index (χ0) is 15.6.